The molecule has 0 radical (unpaired) electrons. The van der Waals surface area contributed by atoms with Crippen LogP contribution in [0.15, 0.2) is 36.5 Å². The van der Waals surface area contributed by atoms with E-state index in [-0.39, 0.29) is 0 Å². The van der Waals surface area contributed by atoms with E-state index in [0.717, 1.165) is 5.69 Å². The van der Waals surface area contributed by atoms with Crippen LogP contribution in [-0.2, 0) is 0 Å². The lowest BCUT2D eigenvalue weighted by atomic mass is 10.1. The lowest BCUT2D eigenvalue weighted by Gasteiger charge is -2.21. The number of nitrogens with zero attached hydrogens (tertiary/aromatic N) is 2. The standard InChI is InChI=1S/C14H15ClN2/c1-10-4-5-13(11(2)8-10)17(3)12-6-7-16-14(15)9-12/h4-9H,1-3H3. The van der Waals surface area contributed by atoms with Crippen molar-refractivity contribution in [3.05, 3.63) is 52.8 Å². The average Bonchev–Trinajstić information content (AvgIpc) is 2.28. The van der Waals surface area contributed by atoms with Gasteiger partial charge in [0.15, 0.2) is 0 Å². The number of aromatic nitrogens is 1. The zero-order valence-electron chi connectivity index (χ0n) is 10.2. The van der Waals surface area contributed by atoms with Crippen molar-refractivity contribution in [2.75, 3.05) is 11.9 Å². The Morgan fingerprint density at radius 3 is 2.53 bits per heavy atom. The lowest BCUT2D eigenvalue weighted by Crippen LogP contribution is -2.11. The van der Waals surface area contributed by atoms with Crippen LogP contribution in [0.3, 0.4) is 0 Å². The number of rotatable bonds is 2. The maximum Gasteiger partial charge on any atom is 0.131 e. The predicted molar refractivity (Wildman–Crippen MR) is 73.2 cm³/mol. The second kappa shape index (κ2) is 4.76. The van der Waals surface area contributed by atoms with Gasteiger partial charge in [-0.05, 0) is 37.6 Å². The van der Waals surface area contributed by atoms with Gasteiger partial charge in [-0.25, -0.2) is 4.98 Å². The summed E-state index contributed by atoms with van der Waals surface area (Å²) in [5.41, 5.74) is 4.74. The van der Waals surface area contributed by atoms with Gasteiger partial charge in [-0.3, -0.25) is 0 Å². The summed E-state index contributed by atoms with van der Waals surface area (Å²) in [5, 5.41) is 0.513. The summed E-state index contributed by atoms with van der Waals surface area (Å²) in [5.74, 6) is 0. The second-order valence-electron chi connectivity index (χ2n) is 4.19. The molecule has 2 rings (SSSR count). The highest BCUT2D eigenvalue weighted by molar-refractivity contribution is 6.29. The number of hydrogen-bond acceptors (Lipinski definition) is 2. The summed E-state index contributed by atoms with van der Waals surface area (Å²) in [4.78, 5) is 6.10. The highest BCUT2D eigenvalue weighted by atomic mass is 35.5. The Bertz CT molecular complexity index is 537. The molecule has 88 valence electrons. The first-order valence-electron chi connectivity index (χ1n) is 5.50. The van der Waals surface area contributed by atoms with Gasteiger partial charge in [0, 0.05) is 24.6 Å². The van der Waals surface area contributed by atoms with Crippen molar-refractivity contribution >= 4 is 23.0 Å². The zero-order chi connectivity index (χ0) is 12.4. The largest absolute Gasteiger partial charge is 0.344 e. The highest BCUT2D eigenvalue weighted by Gasteiger charge is 2.07. The molecule has 0 aliphatic heterocycles. The van der Waals surface area contributed by atoms with Crippen molar-refractivity contribution in [3.63, 3.8) is 0 Å². The fourth-order valence-electron chi connectivity index (χ4n) is 1.92. The molecule has 0 aliphatic rings. The topological polar surface area (TPSA) is 16.1 Å². The average molecular weight is 247 g/mol. The van der Waals surface area contributed by atoms with Gasteiger partial charge in [-0.15, -0.1) is 0 Å². The Morgan fingerprint density at radius 1 is 1.12 bits per heavy atom. The number of hydrogen-bond donors (Lipinski definition) is 0. The molecule has 2 aromatic rings. The zero-order valence-corrected chi connectivity index (χ0v) is 11.0. The van der Waals surface area contributed by atoms with E-state index >= 15 is 0 Å². The van der Waals surface area contributed by atoms with Crippen LogP contribution in [-0.4, -0.2) is 12.0 Å². The van der Waals surface area contributed by atoms with Crippen LogP contribution in [0.25, 0.3) is 0 Å². The van der Waals surface area contributed by atoms with Crippen LogP contribution in [0.2, 0.25) is 5.15 Å². The molecule has 0 saturated carbocycles. The molecule has 1 aromatic heterocycles. The lowest BCUT2D eigenvalue weighted by molar-refractivity contribution is 1.16. The Labute approximate surface area is 107 Å². The van der Waals surface area contributed by atoms with Crippen molar-refractivity contribution in [1.82, 2.24) is 4.98 Å². The van der Waals surface area contributed by atoms with Crippen LogP contribution >= 0.6 is 11.6 Å². The molecule has 0 saturated heterocycles. The van der Waals surface area contributed by atoms with Crippen molar-refractivity contribution < 1.29 is 0 Å². The third-order valence-electron chi connectivity index (χ3n) is 2.81. The molecule has 1 heterocycles. The first-order valence-corrected chi connectivity index (χ1v) is 5.88. The summed E-state index contributed by atoms with van der Waals surface area (Å²) in [6.45, 7) is 4.21. The summed E-state index contributed by atoms with van der Waals surface area (Å²) < 4.78 is 0. The van der Waals surface area contributed by atoms with Gasteiger partial charge in [0.1, 0.15) is 5.15 Å². The smallest absolute Gasteiger partial charge is 0.131 e. The summed E-state index contributed by atoms with van der Waals surface area (Å²) in [7, 11) is 2.03. The highest BCUT2D eigenvalue weighted by Crippen LogP contribution is 2.28. The van der Waals surface area contributed by atoms with E-state index in [1.165, 1.54) is 16.8 Å². The van der Waals surface area contributed by atoms with Crippen molar-refractivity contribution in [2.45, 2.75) is 13.8 Å². The molecule has 0 bridgehead atoms. The summed E-state index contributed by atoms with van der Waals surface area (Å²) >= 11 is 5.90. The predicted octanol–water partition coefficient (Wildman–Crippen LogP) is 4.12. The van der Waals surface area contributed by atoms with Gasteiger partial charge in [-0.1, -0.05) is 29.3 Å². The van der Waals surface area contributed by atoms with E-state index in [2.05, 4.69) is 41.9 Å². The van der Waals surface area contributed by atoms with E-state index in [9.17, 15) is 0 Å². The van der Waals surface area contributed by atoms with E-state index < -0.39 is 0 Å². The van der Waals surface area contributed by atoms with E-state index in [4.69, 9.17) is 11.6 Å². The van der Waals surface area contributed by atoms with Crippen molar-refractivity contribution in [2.24, 2.45) is 0 Å². The Morgan fingerprint density at radius 2 is 1.88 bits per heavy atom. The maximum atomic E-state index is 5.90. The minimum atomic E-state index is 0.513. The van der Waals surface area contributed by atoms with Gasteiger partial charge >= 0.3 is 0 Å². The monoisotopic (exact) mass is 246 g/mol. The van der Waals surface area contributed by atoms with Crippen molar-refractivity contribution in [3.8, 4) is 0 Å². The minimum Gasteiger partial charge on any atom is -0.344 e. The quantitative estimate of drug-likeness (QED) is 0.741. The van der Waals surface area contributed by atoms with Crippen molar-refractivity contribution in [1.29, 1.82) is 0 Å². The number of benzene rings is 1. The molecule has 1 aromatic carbocycles. The molecule has 17 heavy (non-hydrogen) atoms. The Hall–Kier alpha value is -1.54. The number of pyridine rings is 1. The third kappa shape index (κ3) is 2.59. The normalized spacial score (nSPS) is 10.4. The molecule has 2 nitrogen and oxygen atoms in total. The third-order valence-corrected chi connectivity index (χ3v) is 3.02. The molecular weight excluding hydrogens is 232 g/mol. The first kappa shape index (κ1) is 11.9. The first-order chi connectivity index (χ1) is 8.08. The van der Waals surface area contributed by atoms with Gasteiger partial charge in [0.2, 0.25) is 0 Å². The van der Waals surface area contributed by atoms with Gasteiger partial charge < -0.3 is 4.90 Å². The second-order valence-corrected chi connectivity index (χ2v) is 4.57. The van der Waals surface area contributed by atoms with Crippen LogP contribution in [0.4, 0.5) is 11.4 Å². The molecule has 0 unspecified atom stereocenters. The van der Waals surface area contributed by atoms with Gasteiger partial charge in [-0.2, -0.15) is 0 Å². The molecule has 0 spiro atoms. The maximum absolute atomic E-state index is 5.90. The van der Waals surface area contributed by atoms with E-state index in [1.807, 2.05) is 19.2 Å². The number of halogens is 1. The van der Waals surface area contributed by atoms with Gasteiger partial charge in [0.05, 0.1) is 0 Å². The fraction of sp³-hybridized carbons (Fsp3) is 0.214. The van der Waals surface area contributed by atoms with Gasteiger partial charge in [0.25, 0.3) is 0 Å². The number of anilines is 2. The molecule has 0 aliphatic carbocycles. The Balaban J connectivity index is 2.40. The van der Waals surface area contributed by atoms with Crippen LogP contribution in [0.5, 0.6) is 0 Å². The molecule has 3 heteroatoms. The number of aryl methyl sites for hydroxylation is 2. The Kier molecular flexibility index (Phi) is 3.34. The fourth-order valence-corrected chi connectivity index (χ4v) is 2.09. The van der Waals surface area contributed by atoms with Crippen LogP contribution < -0.4 is 4.90 Å². The summed E-state index contributed by atoms with van der Waals surface area (Å²) in [6, 6.07) is 10.2. The molecule has 0 N–H and O–H groups in total. The van der Waals surface area contributed by atoms with E-state index in [0.29, 0.717) is 5.15 Å². The molecule has 0 fully saturated rings. The molecule has 0 atom stereocenters. The van der Waals surface area contributed by atoms with Crippen LogP contribution in [0.1, 0.15) is 11.1 Å². The molecule has 0 amide bonds. The van der Waals surface area contributed by atoms with Crippen LogP contribution in [0, 0.1) is 13.8 Å². The minimum absolute atomic E-state index is 0.513. The molecular formula is C14H15ClN2. The SMILES string of the molecule is Cc1ccc(N(C)c2ccnc(Cl)c2)c(C)c1. The summed E-state index contributed by atoms with van der Waals surface area (Å²) in [6.07, 6.45) is 1.72. The van der Waals surface area contributed by atoms with E-state index in [1.54, 1.807) is 6.20 Å².